The molecule has 1 amide bonds. The van der Waals surface area contributed by atoms with Crippen LogP contribution in [-0.4, -0.2) is 43.5 Å². The third kappa shape index (κ3) is 7.55. The van der Waals surface area contributed by atoms with Crippen LogP contribution in [0.5, 0.6) is 0 Å². The smallest absolute Gasteiger partial charge is 0.421 e. The highest BCUT2D eigenvalue weighted by Gasteiger charge is 2.30. The number of hydroxylamine groups is 3. The van der Waals surface area contributed by atoms with Crippen molar-refractivity contribution in [1.82, 2.24) is 5.32 Å². The van der Waals surface area contributed by atoms with Crippen LogP contribution in [0.4, 0.5) is 4.79 Å². The number of amides is 1. The van der Waals surface area contributed by atoms with E-state index in [9.17, 15) is 9.69 Å². The molecule has 24 heavy (non-hydrogen) atoms. The largest absolute Gasteiger partial charge is 0.445 e. The fourth-order valence-corrected chi connectivity index (χ4v) is 2.97. The van der Waals surface area contributed by atoms with Crippen molar-refractivity contribution < 1.29 is 28.2 Å². The highest BCUT2D eigenvalue weighted by Crippen LogP contribution is 2.38. The zero-order valence-electron chi connectivity index (χ0n) is 14.6. The van der Waals surface area contributed by atoms with E-state index in [4.69, 9.17) is 13.9 Å². The summed E-state index contributed by atoms with van der Waals surface area (Å²) in [6.07, 6.45) is -0.542. The predicted octanol–water partition coefficient (Wildman–Crippen LogP) is 3.39. The van der Waals surface area contributed by atoms with Crippen LogP contribution in [0.3, 0.4) is 0 Å². The molecule has 0 fully saturated rings. The van der Waals surface area contributed by atoms with Crippen LogP contribution in [-0.2, 0) is 25.4 Å². The first-order valence-electron chi connectivity index (χ1n) is 8.15. The van der Waals surface area contributed by atoms with E-state index in [1.54, 1.807) is 0 Å². The lowest BCUT2D eigenvalue weighted by Crippen LogP contribution is -2.46. The maximum absolute atomic E-state index is 11.8. The van der Waals surface area contributed by atoms with Crippen LogP contribution in [0.15, 0.2) is 30.3 Å². The van der Waals surface area contributed by atoms with Crippen LogP contribution >= 0.6 is 8.60 Å². The van der Waals surface area contributed by atoms with Gasteiger partial charge in [0.25, 0.3) is 0 Å². The molecule has 1 N–H and O–H groups in total. The first-order valence-corrected chi connectivity index (χ1v) is 9.25. The van der Waals surface area contributed by atoms with E-state index in [1.807, 2.05) is 51.1 Å². The Hall–Kier alpha value is -1.24. The summed E-state index contributed by atoms with van der Waals surface area (Å²) in [5.41, 5.74) is 0.910. The molecule has 0 saturated heterocycles. The van der Waals surface area contributed by atoms with Gasteiger partial charge in [-0.1, -0.05) is 30.3 Å². The molecule has 0 saturated carbocycles. The molecule has 0 bridgehead atoms. The number of nitrogens with zero attached hydrogens (tertiary/aromatic N) is 1. The molecule has 1 aromatic rings. The van der Waals surface area contributed by atoms with Gasteiger partial charge in [-0.15, -0.1) is 9.52 Å². The van der Waals surface area contributed by atoms with Crippen molar-refractivity contribution in [3.8, 4) is 0 Å². The molecule has 0 aliphatic heterocycles. The Morgan fingerprint density at radius 3 is 2.33 bits per heavy atom. The number of nitrogens with one attached hydrogen (secondary N) is 1. The van der Waals surface area contributed by atoms with Gasteiger partial charge in [-0.3, -0.25) is 0 Å². The Kier molecular flexibility index (Phi) is 9.83. The molecule has 1 radical (unpaired) electrons. The van der Waals surface area contributed by atoms with E-state index in [2.05, 4.69) is 5.32 Å². The molecular weight excluding hydrogens is 331 g/mol. The van der Waals surface area contributed by atoms with Gasteiger partial charge in [0.05, 0.1) is 6.61 Å². The minimum atomic E-state index is -2.23. The van der Waals surface area contributed by atoms with E-state index in [0.29, 0.717) is 19.6 Å². The fourth-order valence-electron chi connectivity index (χ4n) is 2.06. The van der Waals surface area contributed by atoms with Crippen molar-refractivity contribution >= 4 is 14.7 Å². The van der Waals surface area contributed by atoms with E-state index in [0.717, 1.165) is 5.56 Å². The number of benzene rings is 1. The SMILES string of the molecule is CC[N+](CC)(CC)OP([O])OCCNC(=O)OCc1ccccc1. The summed E-state index contributed by atoms with van der Waals surface area (Å²) in [7, 11) is -2.23. The Morgan fingerprint density at radius 2 is 1.75 bits per heavy atom. The second-order valence-electron chi connectivity index (χ2n) is 5.13. The number of alkyl carbamates (subject to hydrolysis) is 1. The molecule has 8 heteroatoms. The fraction of sp³-hybridized carbons (Fsp3) is 0.562. The topological polar surface area (TPSA) is 76.7 Å². The molecule has 7 nitrogen and oxygen atoms in total. The standard InChI is InChI=1S/C16H26N2O5P/c1-4-18(5-2,6-3)23-24(20)22-13-12-17-16(19)21-14-15-10-8-7-9-11-15/h7-11H,4-6,12-14H2,1-3H3/p+1. The van der Waals surface area contributed by atoms with Crippen molar-refractivity contribution in [2.45, 2.75) is 27.4 Å². The maximum Gasteiger partial charge on any atom is 0.421 e. The van der Waals surface area contributed by atoms with Gasteiger partial charge in [0.1, 0.15) is 26.2 Å². The zero-order valence-corrected chi connectivity index (χ0v) is 15.5. The average molecular weight is 358 g/mol. The summed E-state index contributed by atoms with van der Waals surface area (Å²) in [6.45, 7) is 8.54. The van der Waals surface area contributed by atoms with Crippen molar-refractivity contribution in [1.29, 1.82) is 0 Å². The Morgan fingerprint density at radius 1 is 1.12 bits per heavy atom. The summed E-state index contributed by atoms with van der Waals surface area (Å²) >= 11 is 0. The van der Waals surface area contributed by atoms with Gasteiger partial charge in [-0.2, -0.15) is 4.65 Å². The quantitative estimate of drug-likeness (QED) is 0.285. The average Bonchev–Trinajstić information content (AvgIpc) is 2.62. The minimum absolute atomic E-state index is 0.0901. The number of ether oxygens (including phenoxy) is 1. The van der Waals surface area contributed by atoms with Crippen LogP contribution in [0.1, 0.15) is 26.3 Å². The van der Waals surface area contributed by atoms with Crippen molar-refractivity contribution in [2.24, 2.45) is 0 Å². The van der Waals surface area contributed by atoms with E-state index >= 15 is 0 Å². The van der Waals surface area contributed by atoms with Crippen LogP contribution < -0.4 is 5.32 Å². The maximum atomic E-state index is 11.8. The number of carbonyl (C=O) groups excluding carboxylic acids is 1. The molecule has 0 aromatic heterocycles. The Labute approximate surface area is 145 Å². The first-order chi connectivity index (χ1) is 11.5. The van der Waals surface area contributed by atoms with Crippen LogP contribution in [0.25, 0.3) is 0 Å². The number of carbonyl (C=O) groups is 1. The van der Waals surface area contributed by atoms with Crippen LogP contribution in [0, 0.1) is 0 Å². The molecule has 1 unspecified atom stereocenters. The normalized spacial score (nSPS) is 12.7. The van der Waals surface area contributed by atoms with Crippen molar-refractivity contribution in [3.63, 3.8) is 0 Å². The van der Waals surface area contributed by atoms with Gasteiger partial charge in [0.15, 0.2) is 0 Å². The molecule has 0 aliphatic carbocycles. The summed E-state index contributed by atoms with van der Waals surface area (Å²) in [5, 5.41) is 2.54. The molecule has 135 valence electrons. The van der Waals surface area contributed by atoms with E-state index in [1.165, 1.54) is 0 Å². The molecule has 1 aromatic carbocycles. The summed E-state index contributed by atoms with van der Waals surface area (Å²) in [6, 6.07) is 9.40. The minimum Gasteiger partial charge on any atom is -0.445 e. The summed E-state index contributed by atoms with van der Waals surface area (Å²) < 4.78 is 15.9. The molecule has 0 heterocycles. The molecule has 1 atom stereocenters. The van der Waals surface area contributed by atoms with Gasteiger partial charge in [-0.25, -0.2) is 4.79 Å². The highest BCUT2D eigenvalue weighted by atomic mass is 31.2. The van der Waals surface area contributed by atoms with Gasteiger partial charge >= 0.3 is 14.7 Å². The lowest BCUT2D eigenvalue weighted by Gasteiger charge is -2.32. The summed E-state index contributed by atoms with van der Waals surface area (Å²) in [4.78, 5) is 23.4. The van der Waals surface area contributed by atoms with Gasteiger partial charge < -0.3 is 14.6 Å². The van der Waals surface area contributed by atoms with E-state index < -0.39 is 14.7 Å². The lowest BCUT2D eigenvalue weighted by molar-refractivity contribution is -1.08. The molecule has 0 spiro atoms. The number of quaternary nitrogens is 1. The third-order valence-electron chi connectivity index (χ3n) is 3.75. The third-order valence-corrected chi connectivity index (χ3v) is 4.62. The van der Waals surface area contributed by atoms with Gasteiger partial charge in [-0.05, 0) is 26.3 Å². The highest BCUT2D eigenvalue weighted by molar-refractivity contribution is 7.40. The van der Waals surface area contributed by atoms with E-state index in [-0.39, 0.29) is 24.4 Å². The lowest BCUT2D eigenvalue weighted by atomic mass is 10.2. The van der Waals surface area contributed by atoms with Crippen molar-refractivity contribution in [3.05, 3.63) is 35.9 Å². The second-order valence-corrected chi connectivity index (χ2v) is 6.00. The predicted molar refractivity (Wildman–Crippen MR) is 91.2 cm³/mol. The first kappa shape index (κ1) is 20.8. The summed E-state index contributed by atoms with van der Waals surface area (Å²) in [5.74, 6) is 0. The zero-order chi connectivity index (χ0) is 17.8. The molecule has 0 aliphatic rings. The molecule has 1 rings (SSSR count). The monoisotopic (exact) mass is 358 g/mol. The number of hydrogen-bond acceptors (Lipinski definition) is 4. The van der Waals surface area contributed by atoms with Gasteiger partial charge in [0.2, 0.25) is 0 Å². The molecular formula is C16H27N2O5P+. The van der Waals surface area contributed by atoms with Crippen molar-refractivity contribution in [2.75, 3.05) is 32.8 Å². The second kappa shape index (κ2) is 11.3. The Bertz CT molecular complexity index is 463. The number of rotatable bonds is 11. The Balaban J connectivity index is 2.17. The van der Waals surface area contributed by atoms with Gasteiger partial charge in [0, 0.05) is 6.54 Å². The van der Waals surface area contributed by atoms with Crippen LogP contribution in [0.2, 0.25) is 0 Å². The number of hydrogen-bond donors (Lipinski definition) is 1.